The largest absolute Gasteiger partial charge is 0.497 e. The summed E-state index contributed by atoms with van der Waals surface area (Å²) in [4.78, 5) is 15.3. The van der Waals surface area contributed by atoms with E-state index in [4.69, 9.17) is 20.8 Å². The van der Waals surface area contributed by atoms with Crippen molar-refractivity contribution in [3.8, 4) is 5.75 Å². The first-order valence-corrected chi connectivity index (χ1v) is 10.3. The highest BCUT2D eigenvalue weighted by Crippen LogP contribution is 2.31. The summed E-state index contributed by atoms with van der Waals surface area (Å²) in [6.45, 7) is 4.46. The molecule has 2 heterocycles. The third-order valence-corrected chi connectivity index (χ3v) is 5.96. The van der Waals surface area contributed by atoms with Gasteiger partial charge in [0.1, 0.15) is 5.75 Å². The van der Waals surface area contributed by atoms with Gasteiger partial charge in [0, 0.05) is 17.5 Å². The van der Waals surface area contributed by atoms with Crippen LogP contribution in [0.2, 0.25) is 5.02 Å². The summed E-state index contributed by atoms with van der Waals surface area (Å²) in [5.41, 5.74) is 2.53. The van der Waals surface area contributed by atoms with Crippen LogP contribution in [0.1, 0.15) is 40.6 Å². The average molecular weight is 413 g/mol. The number of benzene rings is 2. The second-order valence-electron chi connectivity index (χ2n) is 7.41. The van der Waals surface area contributed by atoms with Crippen LogP contribution in [0.5, 0.6) is 5.75 Å². The monoisotopic (exact) mass is 412 g/mol. The molecule has 6 heteroatoms. The summed E-state index contributed by atoms with van der Waals surface area (Å²) >= 11 is 6.22. The molecule has 0 radical (unpaired) electrons. The van der Waals surface area contributed by atoms with Gasteiger partial charge in [0.05, 0.1) is 18.2 Å². The fraction of sp³-hybridized carbons (Fsp3) is 0.348. The van der Waals surface area contributed by atoms with Gasteiger partial charge in [-0.1, -0.05) is 35.9 Å². The van der Waals surface area contributed by atoms with Crippen LogP contribution < -0.4 is 10.1 Å². The average Bonchev–Trinajstić information content (AvgIpc) is 3.38. The molecular formula is C23H25ClN2O3. The molecule has 29 heavy (non-hydrogen) atoms. The number of para-hydroxylation sites is 1. The summed E-state index contributed by atoms with van der Waals surface area (Å²) < 4.78 is 11.1. The zero-order chi connectivity index (χ0) is 20.4. The zero-order valence-corrected chi connectivity index (χ0v) is 17.5. The van der Waals surface area contributed by atoms with Crippen LogP contribution in [0.25, 0.3) is 11.0 Å². The number of nitrogens with one attached hydrogen (secondary N) is 1. The summed E-state index contributed by atoms with van der Waals surface area (Å²) in [5.74, 6) is 0.934. The van der Waals surface area contributed by atoms with Crippen molar-refractivity contribution in [3.05, 3.63) is 64.4 Å². The van der Waals surface area contributed by atoms with Gasteiger partial charge in [0.15, 0.2) is 11.3 Å². The molecule has 0 unspecified atom stereocenters. The van der Waals surface area contributed by atoms with E-state index in [0.29, 0.717) is 22.9 Å². The number of likely N-dealkylation sites (tertiary alicyclic amines) is 1. The Labute approximate surface area is 175 Å². The van der Waals surface area contributed by atoms with Gasteiger partial charge >= 0.3 is 0 Å². The Kier molecular flexibility index (Phi) is 5.79. The van der Waals surface area contributed by atoms with Gasteiger partial charge < -0.3 is 14.5 Å². The highest BCUT2D eigenvalue weighted by molar-refractivity contribution is 6.35. The van der Waals surface area contributed by atoms with Gasteiger partial charge in [-0.05, 0) is 56.6 Å². The third-order valence-electron chi connectivity index (χ3n) is 5.66. The van der Waals surface area contributed by atoms with E-state index >= 15 is 0 Å². The lowest BCUT2D eigenvalue weighted by Crippen LogP contribution is -2.36. The lowest BCUT2D eigenvalue weighted by Gasteiger charge is -2.28. The Bertz CT molecular complexity index is 1010. The zero-order valence-electron chi connectivity index (χ0n) is 16.7. The summed E-state index contributed by atoms with van der Waals surface area (Å²) in [6, 6.07) is 13.7. The van der Waals surface area contributed by atoms with Gasteiger partial charge in [0.2, 0.25) is 0 Å². The molecule has 2 aromatic carbocycles. The first kappa shape index (κ1) is 19.8. The molecule has 4 rings (SSSR count). The van der Waals surface area contributed by atoms with Crippen LogP contribution in [-0.2, 0) is 0 Å². The number of furan rings is 1. The van der Waals surface area contributed by atoms with Gasteiger partial charge in [-0.15, -0.1) is 0 Å². The van der Waals surface area contributed by atoms with E-state index in [1.807, 2.05) is 31.2 Å². The molecular weight excluding hydrogens is 388 g/mol. The molecule has 0 spiro atoms. The normalized spacial score (nSPS) is 15.6. The Morgan fingerprint density at radius 2 is 1.93 bits per heavy atom. The number of hydrogen-bond donors (Lipinski definition) is 1. The van der Waals surface area contributed by atoms with E-state index in [2.05, 4.69) is 22.3 Å². The lowest BCUT2D eigenvalue weighted by atomic mass is 10.0. The Morgan fingerprint density at radius 1 is 1.21 bits per heavy atom. The Balaban J connectivity index is 1.54. The predicted molar refractivity (Wildman–Crippen MR) is 115 cm³/mol. The maximum Gasteiger partial charge on any atom is 0.287 e. The number of methoxy groups -OCH3 is 1. The van der Waals surface area contributed by atoms with Crippen LogP contribution in [0, 0.1) is 6.92 Å². The number of rotatable bonds is 6. The van der Waals surface area contributed by atoms with Gasteiger partial charge in [-0.3, -0.25) is 9.69 Å². The van der Waals surface area contributed by atoms with Crippen LogP contribution in [0.3, 0.4) is 0 Å². The van der Waals surface area contributed by atoms with E-state index < -0.39 is 0 Å². The highest BCUT2D eigenvalue weighted by atomic mass is 35.5. The third kappa shape index (κ3) is 3.98. The van der Waals surface area contributed by atoms with E-state index in [-0.39, 0.29) is 11.9 Å². The number of carbonyl (C=O) groups excluding carboxylic acids is 1. The van der Waals surface area contributed by atoms with Crippen molar-refractivity contribution in [2.75, 3.05) is 26.7 Å². The molecule has 1 atom stereocenters. The van der Waals surface area contributed by atoms with E-state index in [1.165, 1.54) is 12.8 Å². The Morgan fingerprint density at radius 3 is 2.59 bits per heavy atom. The number of fused-ring (bicyclic) bond motifs is 1. The molecule has 5 nitrogen and oxygen atoms in total. The molecule has 1 N–H and O–H groups in total. The number of hydrogen-bond acceptors (Lipinski definition) is 4. The number of amides is 1. The fourth-order valence-electron chi connectivity index (χ4n) is 4.03. The summed E-state index contributed by atoms with van der Waals surface area (Å²) in [6.07, 6.45) is 2.36. The van der Waals surface area contributed by atoms with Crippen molar-refractivity contribution in [3.63, 3.8) is 0 Å². The molecule has 1 aromatic heterocycles. The van der Waals surface area contributed by atoms with Crippen LogP contribution in [-0.4, -0.2) is 37.6 Å². The molecule has 1 amide bonds. The van der Waals surface area contributed by atoms with Gasteiger partial charge in [0.25, 0.3) is 5.91 Å². The lowest BCUT2D eigenvalue weighted by molar-refractivity contribution is 0.0911. The van der Waals surface area contributed by atoms with Crippen molar-refractivity contribution < 1.29 is 13.9 Å². The number of carbonyl (C=O) groups is 1. The van der Waals surface area contributed by atoms with E-state index in [1.54, 1.807) is 13.2 Å². The van der Waals surface area contributed by atoms with Crippen LogP contribution in [0.15, 0.2) is 46.9 Å². The molecule has 0 saturated carbocycles. The van der Waals surface area contributed by atoms with Crippen LogP contribution >= 0.6 is 11.6 Å². The topological polar surface area (TPSA) is 54.7 Å². The first-order chi connectivity index (χ1) is 14.1. The number of halogens is 1. The van der Waals surface area contributed by atoms with Crippen molar-refractivity contribution in [2.45, 2.75) is 25.8 Å². The number of nitrogens with zero attached hydrogens (tertiary/aromatic N) is 1. The van der Waals surface area contributed by atoms with E-state index in [0.717, 1.165) is 35.4 Å². The molecule has 3 aromatic rings. The maximum atomic E-state index is 12.9. The van der Waals surface area contributed by atoms with E-state index in [9.17, 15) is 4.79 Å². The summed E-state index contributed by atoms with van der Waals surface area (Å²) in [7, 11) is 1.66. The van der Waals surface area contributed by atoms with Crippen molar-refractivity contribution in [1.29, 1.82) is 0 Å². The van der Waals surface area contributed by atoms with Crippen molar-refractivity contribution in [2.24, 2.45) is 0 Å². The number of aryl methyl sites for hydroxylation is 1. The molecule has 0 bridgehead atoms. The van der Waals surface area contributed by atoms with Crippen molar-refractivity contribution in [1.82, 2.24) is 10.2 Å². The molecule has 152 valence electrons. The molecule has 0 aliphatic carbocycles. The first-order valence-electron chi connectivity index (χ1n) is 9.92. The quantitative estimate of drug-likeness (QED) is 0.621. The minimum Gasteiger partial charge on any atom is -0.497 e. The second kappa shape index (κ2) is 8.47. The molecule has 1 saturated heterocycles. The highest BCUT2D eigenvalue weighted by Gasteiger charge is 2.25. The SMILES string of the molecule is COc1ccc([C@H](CNC(=O)c2oc3c(Cl)cccc3c2C)N2CCCC2)cc1. The Hall–Kier alpha value is -2.50. The van der Waals surface area contributed by atoms with Gasteiger partial charge in [-0.2, -0.15) is 0 Å². The molecule has 1 aliphatic heterocycles. The summed E-state index contributed by atoms with van der Waals surface area (Å²) in [5, 5.41) is 4.46. The minimum atomic E-state index is -0.215. The van der Waals surface area contributed by atoms with Crippen molar-refractivity contribution >= 4 is 28.5 Å². The molecule has 1 aliphatic rings. The fourth-order valence-corrected chi connectivity index (χ4v) is 4.25. The minimum absolute atomic E-state index is 0.112. The standard InChI is InChI=1S/C23H25ClN2O3/c1-15-18-6-5-7-19(24)22(18)29-21(15)23(27)25-14-20(26-12-3-4-13-26)16-8-10-17(28-2)11-9-16/h5-11,20H,3-4,12-14H2,1-2H3,(H,25,27)/t20-/m0/s1. The smallest absolute Gasteiger partial charge is 0.287 e. The maximum absolute atomic E-state index is 12.9. The predicted octanol–water partition coefficient (Wildman–Crippen LogP) is 4.97. The second-order valence-corrected chi connectivity index (χ2v) is 7.82. The molecule has 1 fully saturated rings. The number of ether oxygens (including phenoxy) is 1. The van der Waals surface area contributed by atoms with Crippen LogP contribution in [0.4, 0.5) is 0 Å². The van der Waals surface area contributed by atoms with Gasteiger partial charge in [-0.25, -0.2) is 0 Å².